The summed E-state index contributed by atoms with van der Waals surface area (Å²) in [5, 5.41) is 22.7. The molecule has 2 aromatic rings. The zero-order valence-electron chi connectivity index (χ0n) is 31.1. The van der Waals surface area contributed by atoms with Crippen LogP contribution in [0.3, 0.4) is 0 Å². The quantitative estimate of drug-likeness (QED) is 0.0463. The van der Waals surface area contributed by atoms with Crippen molar-refractivity contribution in [2.75, 3.05) is 13.1 Å². The Morgan fingerprint density at radius 3 is 1.94 bits per heavy atom. The second-order valence-corrected chi connectivity index (χ2v) is 12.7. The third-order valence-electron chi connectivity index (χ3n) is 8.39. The third kappa shape index (κ3) is 14.5. The molecule has 5 atom stereocenters. The van der Waals surface area contributed by atoms with Crippen molar-refractivity contribution < 1.29 is 33.9 Å². The van der Waals surface area contributed by atoms with Crippen LogP contribution in [-0.2, 0) is 30.4 Å². The van der Waals surface area contributed by atoms with Crippen molar-refractivity contribution in [3.63, 3.8) is 0 Å². The Hall–Kier alpha value is -4.96. The first-order chi connectivity index (χ1) is 25.3. The molecule has 0 aliphatic carbocycles. The van der Waals surface area contributed by atoms with E-state index in [-0.39, 0.29) is 25.1 Å². The number of rotatable bonds is 22. The van der Waals surface area contributed by atoms with Gasteiger partial charge < -0.3 is 48.9 Å². The lowest BCUT2D eigenvalue weighted by molar-refractivity contribution is -0.134. The van der Waals surface area contributed by atoms with Crippen LogP contribution in [0.5, 0.6) is 0 Å². The van der Waals surface area contributed by atoms with E-state index in [4.69, 9.17) is 17.2 Å². The molecule has 0 spiro atoms. The second-order valence-electron chi connectivity index (χ2n) is 12.7. The lowest BCUT2D eigenvalue weighted by atomic mass is 10.0. The molecule has 0 bridgehead atoms. The first-order valence-corrected chi connectivity index (χ1v) is 18.0. The summed E-state index contributed by atoms with van der Waals surface area (Å²) in [7, 11) is 0. The highest BCUT2D eigenvalue weighted by atomic mass is 16.3. The SMILES string of the molecule is CCCCc1ccc(-c2ccc(C(=O)N[C@@H](CCN)C(=O)N[C@H](C(=O)N[C@@H](C)C(=O)N/C(=C/CCCN)C(=O)N[C@@H](N)C(=O)CC)[C@@H](C)O)cc2)cc1. The molecule has 2 rings (SSSR count). The van der Waals surface area contributed by atoms with E-state index in [0.717, 1.165) is 30.4 Å². The maximum Gasteiger partial charge on any atom is 0.269 e. The fourth-order valence-electron chi connectivity index (χ4n) is 5.09. The maximum absolute atomic E-state index is 13.3. The van der Waals surface area contributed by atoms with Gasteiger partial charge in [-0.15, -0.1) is 0 Å². The highest BCUT2D eigenvalue weighted by Crippen LogP contribution is 2.21. The number of aliphatic hydroxyl groups excluding tert-OH is 1. The number of unbranched alkanes of at least 4 members (excludes halogenated alkanes) is 2. The predicted molar refractivity (Wildman–Crippen MR) is 203 cm³/mol. The monoisotopic (exact) mass is 736 g/mol. The minimum Gasteiger partial charge on any atom is -0.391 e. The summed E-state index contributed by atoms with van der Waals surface area (Å²) in [6.45, 7) is 6.70. The van der Waals surface area contributed by atoms with Crippen molar-refractivity contribution in [1.29, 1.82) is 0 Å². The van der Waals surface area contributed by atoms with Crippen molar-refractivity contribution in [3.8, 4) is 11.1 Å². The largest absolute Gasteiger partial charge is 0.391 e. The summed E-state index contributed by atoms with van der Waals surface area (Å²) in [4.78, 5) is 77.4. The predicted octanol–water partition coefficient (Wildman–Crippen LogP) is 0.633. The number of amides is 5. The molecule has 0 heterocycles. The van der Waals surface area contributed by atoms with Gasteiger partial charge in [-0.3, -0.25) is 28.8 Å². The van der Waals surface area contributed by atoms with Crippen LogP contribution in [0.25, 0.3) is 11.1 Å². The summed E-state index contributed by atoms with van der Waals surface area (Å²) in [5.74, 6) is -4.25. The molecular weight excluding hydrogens is 680 g/mol. The van der Waals surface area contributed by atoms with Gasteiger partial charge in [0.2, 0.25) is 17.7 Å². The van der Waals surface area contributed by atoms with Crippen molar-refractivity contribution in [2.24, 2.45) is 17.2 Å². The molecule has 0 saturated carbocycles. The zero-order valence-corrected chi connectivity index (χ0v) is 31.1. The van der Waals surface area contributed by atoms with Crippen molar-refractivity contribution >= 4 is 35.3 Å². The van der Waals surface area contributed by atoms with Crippen molar-refractivity contribution in [2.45, 2.75) is 103 Å². The van der Waals surface area contributed by atoms with Gasteiger partial charge in [-0.25, -0.2) is 0 Å². The number of allylic oxidation sites excluding steroid dienone is 1. The summed E-state index contributed by atoms with van der Waals surface area (Å²) in [5.41, 5.74) is 20.3. The maximum atomic E-state index is 13.3. The van der Waals surface area contributed by atoms with E-state index >= 15 is 0 Å². The minimum absolute atomic E-state index is 0.0283. The minimum atomic E-state index is -1.52. The van der Waals surface area contributed by atoms with Crippen LogP contribution >= 0.6 is 0 Å². The summed E-state index contributed by atoms with van der Waals surface area (Å²) >= 11 is 0. The summed E-state index contributed by atoms with van der Waals surface area (Å²) in [6, 6.07) is 11.3. The summed E-state index contributed by atoms with van der Waals surface area (Å²) in [6.07, 6.45) is 2.93. The van der Waals surface area contributed by atoms with Gasteiger partial charge in [0.05, 0.1) is 6.10 Å². The van der Waals surface area contributed by atoms with Crippen LogP contribution in [0.4, 0.5) is 0 Å². The fraction of sp³-hybridized carbons (Fsp3) is 0.474. The Bertz CT molecular complexity index is 1560. The Balaban J connectivity index is 2.08. The molecule has 0 aliphatic rings. The van der Waals surface area contributed by atoms with E-state index < -0.39 is 65.7 Å². The normalized spacial score (nSPS) is 14.2. The first kappa shape index (κ1) is 44.2. The van der Waals surface area contributed by atoms with E-state index in [1.165, 1.54) is 25.5 Å². The van der Waals surface area contributed by atoms with Gasteiger partial charge in [0, 0.05) is 12.0 Å². The number of carbonyl (C=O) groups excluding carboxylic acids is 6. The molecule has 0 saturated heterocycles. The average Bonchev–Trinajstić information content (AvgIpc) is 3.14. The third-order valence-corrected chi connectivity index (χ3v) is 8.39. The Morgan fingerprint density at radius 1 is 0.774 bits per heavy atom. The second kappa shape index (κ2) is 22.9. The van der Waals surface area contributed by atoms with Gasteiger partial charge in [0.15, 0.2) is 5.78 Å². The number of aryl methyl sites for hydroxylation is 1. The molecule has 12 N–H and O–H groups in total. The van der Waals surface area contributed by atoms with E-state index in [1.807, 2.05) is 24.3 Å². The van der Waals surface area contributed by atoms with Crippen LogP contribution in [-0.4, -0.2) is 83.9 Å². The van der Waals surface area contributed by atoms with Crippen LogP contribution < -0.4 is 43.8 Å². The fourth-order valence-corrected chi connectivity index (χ4v) is 5.09. The Kier molecular flexibility index (Phi) is 19.1. The van der Waals surface area contributed by atoms with Gasteiger partial charge in [0.25, 0.3) is 11.8 Å². The molecule has 0 aliphatic heterocycles. The first-order valence-electron chi connectivity index (χ1n) is 18.0. The molecule has 15 nitrogen and oxygen atoms in total. The average molecular weight is 737 g/mol. The van der Waals surface area contributed by atoms with Crippen LogP contribution in [0.2, 0.25) is 0 Å². The molecule has 15 heteroatoms. The van der Waals surface area contributed by atoms with Gasteiger partial charge >= 0.3 is 0 Å². The number of nitrogens with one attached hydrogen (secondary N) is 5. The zero-order chi connectivity index (χ0) is 39.5. The molecule has 5 amide bonds. The number of nitrogens with two attached hydrogens (primary N) is 3. The molecule has 53 heavy (non-hydrogen) atoms. The number of benzene rings is 2. The number of ketones is 1. The topological polar surface area (TPSA) is 261 Å². The van der Waals surface area contributed by atoms with Crippen molar-refractivity contribution in [3.05, 3.63) is 71.4 Å². The van der Waals surface area contributed by atoms with Gasteiger partial charge in [-0.1, -0.05) is 62.7 Å². The Labute approximate surface area is 311 Å². The van der Waals surface area contributed by atoms with Crippen LogP contribution in [0.1, 0.15) is 82.1 Å². The molecule has 290 valence electrons. The number of carbonyl (C=O) groups is 6. The molecule has 0 radical (unpaired) electrons. The van der Waals surface area contributed by atoms with E-state index in [0.29, 0.717) is 24.9 Å². The van der Waals surface area contributed by atoms with Gasteiger partial charge in [-0.05, 0) is 87.9 Å². The van der Waals surface area contributed by atoms with Crippen LogP contribution in [0.15, 0.2) is 60.3 Å². The number of hydrogen-bond donors (Lipinski definition) is 9. The van der Waals surface area contributed by atoms with E-state index in [9.17, 15) is 33.9 Å². The Morgan fingerprint density at radius 2 is 1.40 bits per heavy atom. The van der Waals surface area contributed by atoms with E-state index in [1.54, 1.807) is 19.1 Å². The number of hydrogen-bond acceptors (Lipinski definition) is 10. The van der Waals surface area contributed by atoms with Gasteiger partial charge in [0.1, 0.15) is 30.0 Å². The van der Waals surface area contributed by atoms with Crippen LogP contribution in [0, 0.1) is 0 Å². The standard InChI is InChI=1S/C38H56N8O7/c1-5-7-10-25-12-14-26(15-13-25)27-16-18-28(19-17-27)35(50)44-30(20-22-40)36(51)45-32(24(4)47)38(53)42-23(3)34(49)43-29(11-8-9-21-39)37(52)46-33(41)31(48)6-2/h11-19,23-24,30,32-33,47H,5-10,20-22,39-41H2,1-4H3,(H,42,53)(H,43,49)(H,44,50)(H,45,51)(H,46,52)/b29-11+/t23-,24+,30-,32-,33+/m0/s1. The molecule has 0 unspecified atom stereocenters. The molecular formula is C38H56N8O7. The molecule has 2 aromatic carbocycles. The lowest BCUT2D eigenvalue weighted by Gasteiger charge is -2.26. The smallest absolute Gasteiger partial charge is 0.269 e. The number of Topliss-reactive ketones (excluding diaryl/α,β-unsaturated/α-hetero) is 1. The highest BCUT2D eigenvalue weighted by Gasteiger charge is 2.32. The van der Waals surface area contributed by atoms with Gasteiger partial charge in [-0.2, -0.15) is 0 Å². The summed E-state index contributed by atoms with van der Waals surface area (Å²) < 4.78 is 0. The van der Waals surface area contributed by atoms with Crippen molar-refractivity contribution in [1.82, 2.24) is 26.6 Å². The number of aliphatic hydroxyl groups is 1. The molecule has 0 fully saturated rings. The lowest BCUT2D eigenvalue weighted by Crippen LogP contribution is -2.59. The van der Waals surface area contributed by atoms with E-state index in [2.05, 4.69) is 45.6 Å². The molecule has 0 aromatic heterocycles. The highest BCUT2D eigenvalue weighted by molar-refractivity contribution is 6.02.